The average Bonchev–Trinajstić information content (AvgIpc) is 3.22. The number of hydrogen-bond acceptors (Lipinski definition) is 3. The van der Waals surface area contributed by atoms with E-state index in [0.29, 0.717) is 13.1 Å². The number of benzene rings is 3. The fourth-order valence-electron chi connectivity index (χ4n) is 4.81. The summed E-state index contributed by atoms with van der Waals surface area (Å²) in [6.45, 7) is 5.11. The second-order valence-corrected chi connectivity index (χ2v) is 9.96. The normalized spacial score (nSPS) is 16.6. The fraction of sp³-hybridized carbons (Fsp3) is 0.286. The number of aromatic nitrogens is 2. The van der Waals surface area contributed by atoms with Gasteiger partial charge in [-0.15, -0.1) is 0 Å². The fourth-order valence-corrected chi connectivity index (χ4v) is 5.07. The van der Waals surface area contributed by atoms with Crippen LogP contribution in [0.3, 0.4) is 0 Å². The number of aryl methyl sites for hydroxylation is 1. The van der Waals surface area contributed by atoms with Gasteiger partial charge in [-0.3, -0.25) is 14.3 Å². The van der Waals surface area contributed by atoms with Crippen LogP contribution in [-0.2, 0) is 17.9 Å². The van der Waals surface area contributed by atoms with Gasteiger partial charge in [0.25, 0.3) is 0 Å². The number of piperidine rings is 1. The Balaban J connectivity index is 1.32. The average molecular weight is 517 g/mol. The highest BCUT2D eigenvalue weighted by Gasteiger charge is 2.27. The van der Waals surface area contributed by atoms with Crippen LogP contribution in [0.2, 0.25) is 0 Å². The summed E-state index contributed by atoms with van der Waals surface area (Å²) in [5, 5.41) is 3.17. The van der Waals surface area contributed by atoms with Gasteiger partial charge in [-0.2, -0.15) is 0 Å². The van der Waals surface area contributed by atoms with Crippen molar-refractivity contribution in [3.63, 3.8) is 0 Å². The van der Waals surface area contributed by atoms with Gasteiger partial charge in [0.05, 0.1) is 23.5 Å². The van der Waals surface area contributed by atoms with Gasteiger partial charge in [0.2, 0.25) is 5.91 Å². The number of carbonyl (C=O) groups excluding carboxylic acids is 1. The molecule has 34 heavy (non-hydrogen) atoms. The van der Waals surface area contributed by atoms with Crippen molar-refractivity contribution in [2.45, 2.75) is 32.9 Å². The first kappa shape index (κ1) is 22.8. The van der Waals surface area contributed by atoms with Gasteiger partial charge in [0, 0.05) is 23.2 Å². The van der Waals surface area contributed by atoms with E-state index in [4.69, 9.17) is 4.98 Å². The zero-order chi connectivity index (χ0) is 23.5. The van der Waals surface area contributed by atoms with E-state index in [2.05, 4.69) is 92.2 Å². The van der Waals surface area contributed by atoms with Gasteiger partial charge >= 0.3 is 0 Å². The third-order valence-corrected chi connectivity index (χ3v) is 7.20. The van der Waals surface area contributed by atoms with E-state index in [1.54, 1.807) is 0 Å². The summed E-state index contributed by atoms with van der Waals surface area (Å²) in [7, 11) is 0. The number of nitrogens with zero attached hydrogens (tertiary/aromatic N) is 3. The number of para-hydroxylation sites is 2. The van der Waals surface area contributed by atoms with E-state index in [9.17, 15) is 4.79 Å². The molecule has 1 atom stereocenters. The molecule has 1 saturated heterocycles. The molecular weight excluding hydrogens is 488 g/mol. The summed E-state index contributed by atoms with van der Waals surface area (Å²) in [5.41, 5.74) is 5.57. The highest BCUT2D eigenvalue weighted by atomic mass is 79.9. The number of imidazole rings is 1. The van der Waals surface area contributed by atoms with Gasteiger partial charge in [0.1, 0.15) is 5.82 Å². The molecular formula is C28H29BrN4O. The van der Waals surface area contributed by atoms with Gasteiger partial charge in [-0.25, -0.2) is 4.98 Å². The Morgan fingerprint density at radius 1 is 1.06 bits per heavy atom. The number of rotatable bonds is 6. The Morgan fingerprint density at radius 2 is 1.82 bits per heavy atom. The molecule has 5 nitrogen and oxygen atoms in total. The van der Waals surface area contributed by atoms with Gasteiger partial charge in [-0.1, -0.05) is 52.3 Å². The SMILES string of the molecule is Cc1ccccc1CNC(=O)[C@H]1CCCN(Cc2nc3ccccc3n2-c2ccc(Br)cc2)C1. The largest absolute Gasteiger partial charge is 0.352 e. The van der Waals surface area contributed by atoms with Crippen molar-refractivity contribution in [1.29, 1.82) is 0 Å². The number of likely N-dealkylation sites (tertiary alicyclic amines) is 1. The molecule has 0 radical (unpaired) electrons. The lowest BCUT2D eigenvalue weighted by Gasteiger charge is -2.32. The summed E-state index contributed by atoms with van der Waals surface area (Å²) >= 11 is 3.54. The number of fused-ring (bicyclic) bond motifs is 1. The van der Waals surface area contributed by atoms with Crippen LogP contribution in [0.5, 0.6) is 0 Å². The van der Waals surface area contributed by atoms with E-state index in [1.165, 1.54) is 11.1 Å². The van der Waals surface area contributed by atoms with Gasteiger partial charge in [0.15, 0.2) is 0 Å². The van der Waals surface area contributed by atoms with Crippen molar-refractivity contribution in [1.82, 2.24) is 19.8 Å². The molecule has 4 aromatic rings. The van der Waals surface area contributed by atoms with Crippen LogP contribution in [-0.4, -0.2) is 33.4 Å². The minimum absolute atomic E-state index is 0.00303. The molecule has 5 rings (SSSR count). The van der Waals surface area contributed by atoms with Crippen LogP contribution < -0.4 is 5.32 Å². The number of hydrogen-bond donors (Lipinski definition) is 1. The molecule has 0 spiro atoms. The van der Waals surface area contributed by atoms with Crippen LogP contribution >= 0.6 is 15.9 Å². The summed E-state index contributed by atoms with van der Waals surface area (Å²) < 4.78 is 3.29. The molecule has 6 heteroatoms. The Kier molecular flexibility index (Phi) is 6.79. The molecule has 0 bridgehead atoms. The van der Waals surface area contributed by atoms with Crippen LogP contribution in [0.4, 0.5) is 0 Å². The van der Waals surface area contributed by atoms with Crippen LogP contribution in [0.1, 0.15) is 29.8 Å². The molecule has 0 aliphatic carbocycles. The van der Waals surface area contributed by atoms with Crippen LogP contribution in [0.15, 0.2) is 77.3 Å². The van der Waals surface area contributed by atoms with Crippen molar-refractivity contribution >= 4 is 32.9 Å². The topological polar surface area (TPSA) is 50.2 Å². The smallest absolute Gasteiger partial charge is 0.224 e. The van der Waals surface area contributed by atoms with E-state index in [0.717, 1.165) is 52.9 Å². The monoisotopic (exact) mass is 516 g/mol. The molecule has 1 aromatic heterocycles. The predicted molar refractivity (Wildman–Crippen MR) is 140 cm³/mol. The maximum absolute atomic E-state index is 13.0. The lowest BCUT2D eigenvalue weighted by molar-refractivity contribution is -0.127. The first-order chi connectivity index (χ1) is 16.6. The van der Waals surface area contributed by atoms with E-state index in [1.807, 2.05) is 18.2 Å². The highest BCUT2D eigenvalue weighted by molar-refractivity contribution is 9.10. The first-order valence-corrected chi connectivity index (χ1v) is 12.6. The number of nitrogens with one attached hydrogen (secondary N) is 1. The Hall–Kier alpha value is -2.96. The maximum Gasteiger partial charge on any atom is 0.224 e. The van der Waals surface area contributed by atoms with E-state index in [-0.39, 0.29) is 11.8 Å². The summed E-state index contributed by atoms with van der Waals surface area (Å²) in [5.74, 6) is 1.15. The van der Waals surface area contributed by atoms with E-state index < -0.39 is 0 Å². The lowest BCUT2D eigenvalue weighted by atomic mass is 9.97. The lowest BCUT2D eigenvalue weighted by Crippen LogP contribution is -2.42. The molecule has 1 amide bonds. The molecule has 1 fully saturated rings. The number of amides is 1. The number of halogens is 1. The van der Waals surface area contributed by atoms with Crippen LogP contribution in [0.25, 0.3) is 16.7 Å². The third-order valence-electron chi connectivity index (χ3n) is 6.67. The standard InChI is InChI=1S/C28H29BrN4O/c1-20-7-2-3-8-21(20)17-30-28(34)22-9-6-16-32(18-22)19-27-31-25-10-4-5-11-26(25)33(27)24-14-12-23(29)13-15-24/h2-5,7-8,10-15,22H,6,9,16-19H2,1H3,(H,30,34)/t22-/m0/s1. The van der Waals surface area contributed by atoms with Crippen LogP contribution in [0, 0.1) is 12.8 Å². The molecule has 0 unspecified atom stereocenters. The highest BCUT2D eigenvalue weighted by Crippen LogP contribution is 2.25. The Bertz CT molecular complexity index is 1300. The second kappa shape index (κ2) is 10.1. The van der Waals surface area contributed by atoms with Crippen molar-refractivity contribution in [3.8, 4) is 5.69 Å². The molecule has 174 valence electrons. The number of carbonyl (C=O) groups is 1. The molecule has 0 saturated carbocycles. The maximum atomic E-state index is 13.0. The first-order valence-electron chi connectivity index (χ1n) is 11.9. The van der Waals surface area contributed by atoms with Gasteiger partial charge < -0.3 is 5.32 Å². The minimum Gasteiger partial charge on any atom is -0.352 e. The minimum atomic E-state index is 0.00303. The van der Waals surface area contributed by atoms with Gasteiger partial charge in [-0.05, 0) is 73.8 Å². The molecule has 1 N–H and O–H groups in total. The quantitative estimate of drug-likeness (QED) is 0.361. The molecule has 1 aliphatic rings. The molecule has 1 aliphatic heterocycles. The van der Waals surface area contributed by atoms with Crippen molar-refractivity contribution in [2.24, 2.45) is 5.92 Å². The van der Waals surface area contributed by atoms with Crippen molar-refractivity contribution in [2.75, 3.05) is 13.1 Å². The van der Waals surface area contributed by atoms with E-state index >= 15 is 0 Å². The summed E-state index contributed by atoms with van der Waals surface area (Å²) in [6.07, 6.45) is 1.94. The Labute approximate surface area is 208 Å². The second-order valence-electron chi connectivity index (χ2n) is 9.05. The molecule has 2 heterocycles. The third kappa shape index (κ3) is 4.93. The summed E-state index contributed by atoms with van der Waals surface area (Å²) in [4.78, 5) is 20.3. The summed E-state index contributed by atoms with van der Waals surface area (Å²) in [6, 6.07) is 24.8. The zero-order valence-corrected chi connectivity index (χ0v) is 21.0. The predicted octanol–water partition coefficient (Wildman–Crippen LogP) is 5.62. The van der Waals surface area contributed by atoms with Crippen molar-refractivity contribution in [3.05, 3.63) is 94.2 Å². The molecule has 3 aromatic carbocycles. The zero-order valence-electron chi connectivity index (χ0n) is 19.4. The van der Waals surface area contributed by atoms with Crippen molar-refractivity contribution < 1.29 is 4.79 Å². The Morgan fingerprint density at radius 3 is 2.65 bits per heavy atom.